The zero-order valence-corrected chi connectivity index (χ0v) is 13.2. The van der Waals surface area contributed by atoms with Gasteiger partial charge in [-0.05, 0) is 26.0 Å². The second-order valence-corrected chi connectivity index (χ2v) is 5.96. The maximum atomic E-state index is 12.2. The molecule has 1 heterocycles. The van der Waals surface area contributed by atoms with E-state index in [1.54, 1.807) is 23.1 Å². The zero-order chi connectivity index (χ0) is 14.7. The Morgan fingerprint density at radius 2 is 1.70 bits per heavy atom. The van der Waals surface area contributed by atoms with Crippen LogP contribution in [0.4, 0.5) is 10.5 Å². The van der Waals surface area contributed by atoms with Crippen molar-refractivity contribution >= 4 is 34.9 Å². The molecule has 1 aromatic carbocycles. The predicted octanol–water partition coefficient (Wildman–Crippen LogP) is 3.55. The molecule has 4 nitrogen and oxygen atoms in total. The predicted molar refractivity (Wildman–Crippen MR) is 83.8 cm³/mol. The molecule has 110 valence electrons. The first kappa shape index (κ1) is 15.4. The summed E-state index contributed by atoms with van der Waals surface area (Å²) in [7, 11) is 0. The largest absolute Gasteiger partial charge is 0.322 e. The molecule has 0 atom stereocenters. The molecule has 1 aliphatic heterocycles. The average Bonchev–Trinajstić information content (AvgIpc) is 2.43. The molecule has 0 radical (unpaired) electrons. The van der Waals surface area contributed by atoms with Crippen LogP contribution >= 0.6 is 23.2 Å². The fraction of sp³-hybridized carbons (Fsp3) is 0.500. The summed E-state index contributed by atoms with van der Waals surface area (Å²) >= 11 is 12.1. The van der Waals surface area contributed by atoms with Crippen molar-refractivity contribution in [1.82, 2.24) is 9.80 Å². The quantitative estimate of drug-likeness (QED) is 0.906. The fourth-order valence-electron chi connectivity index (χ4n) is 2.24. The molecule has 0 bridgehead atoms. The third kappa shape index (κ3) is 3.57. The van der Waals surface area contributed by atoms with Crippen LogP contribution in [-0.4, -0.2) is 48.1 Å². The summed E-state index contributed by atoms with van der Waals surface area (Å²) in [4.78, 5) is 16.4. The van der Waals surface area contributed by atoms with Crippen molar-refractivity contribution in [2.45, 2.75) is 19.9 Å². The number of rotatable bonds is 2. The maximum Gasteiger partial charge on any atom is 0.322 e. The lowest BCUT2D eigenvalue weighted by Gasteiger charge is -2.36. The molecule has 0 saturated carbocycles. The van der Waals surface area contributed by atoms with Gasteiger partial charge in [0.25, 0.3) is 0 Å². The van der Waals surface area contributed by atoms with E-state index in [4.69, 9.17) is 23.2 Å². The van der Waals surface area contributed by atoms with E-state index in [0.29, 0.717) is 34.9 Å². The average molecular weight is 316 g/mol. The second kappa shape index (κ2) is 6.66. The van der Waals surface area contributed by atoms with Crippen LogP contribution in [0.2, 0.25) is 10.0 Å². The number of hydrogen-bond donors (Lipinski definition) is 1. The topological polar surface area (TPSA) is 35.6 Å². The van der Waals surface area contributed by atoms with Crippen LogP contribution in [0.5, 0.6) is 0 Å². The summed E-state index contributed by atoms with van der Waals surface area (Å²) in [6.45, 7) is 7.54. The van der Waals surface area contributed by atoms with Crippen LogP contribution in [0, 0.1) is 0 Å². The maximum absolute atomic E-state index is 12.2. The van der Waals surface area contributed by atoms with E-state index in [1.165, 1.54) is 0 Å². The van der Waals surface area contributed by atoms with Gasteiger partial charge in [0.2, 0.25) is 0 Å². The van der Waals surface area contributed by atoms with Gasteiger partial charge >= 0.3 is 6.03 Å². The zero-order valence-electron chi connectivity index (χ0n) is 11.7. The highest BCUT2D eigenvalue weighted by molar-refractivity contribution is 6.39. The van der Waals surface area contributed by atoms with E-state index < -0.39 is 0 Å². The number of nitrogens with zero attached hydrogens (tertiary/aromatic N) is 2. The van der Waals surface area contributed by atoms with Crippen LogP contribution in [0.3, 0.4) is 0 Å². The van der Waals surface area contributed by atoms with Gasteiger partial charge in [0.1, 0.15) is 0 Å². The minimum Gasteiger partial charge on any atom is -0.322 e. The molecule has 1 N–H and O–H groups in total. The van der Waals surface area contributed by atoms with Gasteiger partial charge < -0.3 is 10.2 Å². The molecule has 0 spiro atoms. The lowest BCUT2D eigenvalue weighted by molar-refractivity contribution is 0.125. The third-order valence-corrected chi connectivity index (χ3v) is 4.16. The first-order valence-corrected chi connectivity index (χ1v) is 7.48. The van der Waals surface area contributed by atoms with E-state index in [0.717, 1.165) is 13.1 Å². The Bertz CT molecular complexity index is 465. The lowest BCUT2D eigenvalue weighted by atomic mass is 10.2. The fourth-order valence-corrected chi connectivity index (χ4v) is 2.74. The molecular formula is C14H19Cl2N3O. The molecule has 1 saturated heterocycles. The number of halogens is 2. The summed E-state index contributed by atoms with van der Waals surface area (Å²) in [5, 5.41) is 3.70. The molecule has 1 fully saturated rings. The van der Waals surface area contributed by atoms with Gasteiger partial charge in [0, 0.05) is 32.2 Å². The van der Waals surface area contributed by atoms with Crippen molar-refractivity contribution in [3.05, 3.63) is 28.2 Å². The van der Waals surface area contributed by atoms with E-state index >= 15 is 0 Å². The molecule has 1 aromatic rings. The minimum absolute atomic E-state index is 0.150. The Labute approximate surface area is 129 Å². The van der Waals surface area contributed by atoms with Gasteiger partial charge in [-0.15, -0.1) is 0 Å². The van der Waals surface area contributed by atoms with Crippen molar-refractivity contribution in [3.8, 4) is 0 Å². The van der Waals surface area contributed by atoms with Crippen molar-refractivity contribution < 1.29 is 4.79 Å². The highest BCUT2D eigenvalue weighted by Gasteiger charge is 2.23. The van der Waals surface area contributed by atoms with Gasteiger partial charge in [0.05, 0.1) is 15.7 Å². The number of carbonyl (C=O) groups excluding carboxylic acids is 1. The Balaban J connectivity index is 1.96. The highest BCUT2D eigenvalue weighted by Crippen LogP contribution is 2.30. The lowest BCUT2D eigenvalue weighted by Crippen LogP contribution is -2.51. The standard InChI is InChI=1S/C14H19Cl2N3O/c1-10(2)18-6-8-19(9-7-18)14(20)17-13-11(15)4-3-5-12(13)16/h3-5,10H,6-9H2,1-2H3,(H,17,20). The molecule has 20 heavy (non-hydrogen) atoms. The molecule has 0 aromatic heterocycles. The number of hydrogen-bond acceptors (Lipinski definition) is 2. The molecule has 6 heteroatoms. The van der Waals surface area contributed by atoms with E-state index in [2.05, 4.69) is 24.1 Å². The van der Waals surface area contributed by atoms with Crippen molar-refractivity contribution in [1.29, 1.82) is 0 Å². The number of benzene rings is 1. The number of piperazine rings is 1. The van der Waals surface area contributed by atoms with Crippen molar-refractivity contribution in [2.24, 2.45) is 0 Å². The SMILES string of the molecule is CC(C)N1CCN(C(=O)Nc2c(Cl)cccc2Cl)CC1. The van der Waals surface area contributed by atoms with Crippen LogP contribution in [-0.2, 0) is 0 Å². The smallest absolute Gasteiger partial charge is 0.322 e. The van der Waals surface area contributed by atoms with Gasteiger partial charge in [-0.2, -0.15) is 0 Å². The monoisotopic (exact) mass is 315 g/mol. The van der Waals surface area contributed by atoms with Crippen LogP contribution in [0.25, 0.3) is 0 Å². The number of nitrogens with one attached hydrogen (secondary N) is 1. The molecule has 0 unspecified atom stereocenters. The number of para-hydroxylation sites is 1. The van der Waals surface area contributed by atoms with Crippen LogP contribution in [0.1, 0.15) is 13.8 Å². The van der Waals surface area contributed by atoms with Gasteiger partial charge in [0.15, 0.2) is 0 Å². The van der Waals surface area contributed by atoms with Gasteiger partial charge in [-0.25, -0.2) is 4.79 Å². The summed E-state index contributed by atoms with van der Waals surface area (Å²) in [5.41, 5.74) is 0.479. The number of anilines is 1. The molecule has 0 aliphatic carbocycles. The highest BCUT2D eigenvalue weighted by atomic mass is 35.5. The van der Waals surface area contributed by atoms with E-state index in [-0.39, 0.29) is 6.03 Å². The number of carbonyl (C=O) groups is 1. The van der Waals surface area contributed by atoms with E-state index in [1.807, 2.05) is 0 Å². The van der Waals surface area contributed by atoms with Crippen LogP contribution in [0.15, 0.2) is 18.2 Å². The summed E-state index contributed by atoms with van der Waals surface area (Å²) in [6.07, 6.45) is 0. The Morgan fingerprint density at radius 1 is 1.15 bits per heavy atom. The molecule has 2 rings (SSSR count). The van der Waals surface area contributed by atoms with Gasteiger partial charge in [-0.1, -0.05) is 29.3 Å². The van der Waals surface area contributed by atoms with Crippen LogP contribution < -0.4 is 5.32 Å². The molecular weight excluding hydrogens is 297 g/mol. The molecule has 2 amide bonds. The van der Waals surface area contributed by atoms with Crippen molar-refractivity contribution in [3.63, 3.8) is 0 Å². The second-order valence-electron chi connectivity index (χ2n) is 5.14. The third-order valence-electron chi connectivity index (χ3n) is 3.53. The normalized spacial score (nSPS) is 16.6. The first-order valence-electron chi connectivity index (χ1n) is 6.73. The first-order chi connectivity index (χ1) is 9.49. The number of amides is 2. The Hall–Kier alpha value is -0.970. The van der Waals surface area contributed by atoms with Gasteiger partial charge in [-0.3, -0.25) is 4.90 Å². The summed E-state index contributed by atoms with van der Waals surface area (Å²) in [6, 6.07) is 5.53. The Kier molecular flexibility index (Phi) is 5.13. The number of urea groups is 1. The van der Waals surface area contributed by atoms with Crippen molar-refractivity contribution in [2.75, 3.05) is 31.5 Å². The summed E-state index contributed by atoms with van der Waals surface area (Å²) < 4.78 is 0. The van der Waals surface area contributed by atoms with E-state index in [9.17, 15) is 4.79 Å². The molecule has 1 aliphatic rings. The summed E-state index contributed by atoms with van der Waals surface area (Å²) in [5.74, 6) is 0. The Morgan fingerprint density at radius 3 is 2.20 bits per heavy atom. The minimum atomic E-state index is -0.150.